The fourth-order valence-electron chi connectivity index (χ4n) is 1.14. The van der Waals surface area contributed by atoms with Crippen LogP contribution < -0.4 is 5.32 Å². The molecule has 0 radical (unpaired) electrons. The molecule has 0 spiro atoms. The summed E-state index contributed by atoms with van der Waals surface area (Å²) < 4.78 is 17.9. The Balaban J connectivity index is 2.62. The lowest BCUT2D eigenvalue weighted by Gasteiger charge is -2.10. The number of carbonyl (C=O) groups excluding carboxylic acids is 1. The van der Waals surface area contributed by atoms with Crippen LogP contribution in [0.25, 0.3) is 0 Å². The van der Waals surface area contributed by atoms with E-state index in [2.05, 4.69) is 17.2 Å². The number of nitrogens with zero attached hydrogens (tertiary/aromatic N) is 1. The predicted octanol–water partition coefficient (Wildman–Crippen LogP) is 1.45. The molecule has 0 aliphatic rings. The number of hydrogen-bond acceptors (Lipinski definition) is 3. The van der Waals surface area contributed by atoms with Gasteiger partial charge < -0.3 is 10.1 Å². The minimum Gasteiger partial charge on any atom is -0.332 e. The van der Waals surface area contributed by atoms with Gasteiger partial charge in [0.05, 0.1) is 0 Å². The molecule has 92 valence electrons. The average molecular weight is 246 g/mol. The van der Waals surface area contributed by atoms with Crippen LogP contribution in [0.2, 0.25) is 0 Å². The van der Waals surface area contributed by atoms with Gasteiger partial charge in [-0.15, -0.1) is 5.92 Å². The minimum atomic E-state index is -1.11. The second kappa shape index (κ2) is 7.05. The summed E-state index contributed by atoms with van der Waals surface area (Å²) in [6, 6.07) is 6.92. The molecule has 18 heavy (non-hydrogen) atoms. The summed E-state index contributed by atoms with van der Waals surface area (Å²) in [5.41, 5.74) is 0.125. The highest BCUT2D eigenvalue weighted by Gasteiger charge is 2.13. The van der Waals surface area contributed by atoms with Crippen LogP contribution in [-0.2, 0) is 4.74 Å². The van der Waals surface area contributed by atoms with E-state index >= 15 is 0 Å². The molecule has 0 heterocycles. The average Bonchev–Trinajstić information content (AvgIpc) is 2.37. The van der Waals surface area contributed by atoms with Gasteiger partial charge in [0.2, 0.25) is 6.23 Å². The van der Waals surface area contributed by atoms with Crippen molar-refractivity contribution in [3.63, 3.8) is 0 Å². The zero-order valence-corrected chi connectivity index (χ0v) is 9.74. The van der Waals surface area contributed by atoms with Gasteiger partial charge >= 0.3 is 0 Å². The second-order valence-corrected chi connectivity index (χ2v) is 3.23. The van der Waals surface area contributed by atoms with Crippen molar-refractivity contribution in [3.05, 3.63) is 35.6 Å². The zero-order valence-electron chi connectivity index (χ0n) is 9.74. The first-order valence-corrected chi connectivity index (χ1v) is 5.14. The lowest BCUT2D eigenvalue weighted by molar-refractivity contribution is 0.0684. The van der Waals surface area contributed by atoms with Gasteiger partial charge in [-0.2, -0.15) is 5.26 Å². The molecular formula is C13H11FN2O2. The van der Waals surface area contributed by atoms with Crippen molar-refractivity contribution < 1.29 is 13.9 Å². The Morgan fingerprint density at radius 2 is 2.39 bits per heavy atom. The lowest BCUT2D eigenvalue weighted by atomic mass is 10.2. The van der Waals surface area contributed by atoms with Gasteiger partial charge in [0, 0.05) is 5.56 Å². The molecule has 0 saturated heterocycles. The Labute approximate surface area is 104 Å². The van der Waals surface area contributed by atoms with Crippen molar-refractivity contribution in [2.45, 2.75) is 13.2 Å². The molecule has 1 N–H and O–H groups in total. The molecule has 1 aromatic rings. The molecule has 1 rings (SSSR count). The molecule has 5 heteroatoms. The summed E-state index contributed by atoms with van der Waals surface area (Å²) in [6.45, 7) is 1.67. The van der Waals surface area contributed by atoms with Crippen LogP contribution >= 0.6 is 0 Å². The molecule has 0 aromatic heterocycles. The van der Waals surface area contributed by atoms with Crippen molar-refractivity contribution in [3.8, 4) is 17.9 Å². The molecule has 0 aliphatic carbocycles. The van der Waals surface area contributed by atoms with Crippen molar-refractivity contribution in [1.82, 2.24) is 5.32 Å². The van der Waals surface area contributed by atoms with E-state index in [9.17, 15) is 9.18 Å². The Kier molecular flexibility index (Phi) is 5.37. The molecule has 1 atom stereocenters. The van der Waals surface area contributed by atoms with Gasteiger partial charge in [0.25, 0.3) is 5.91 Å². The maximum absolute atomic E-state index is 12.9. The smallest absolute Gasteiger partial charge is 0.254 e. The summed E-state index contributed by atoms with van der Waals surface area (Å²) in [5.74, 6) is 4.10. The Bertz CT molecular complexity index is 526. The third-order valence-electron chi connectivity index (χ3n) is 1.97. The molecular weight excluding hydrogens is 235 g/mol. The van der Waals surface area contributed by atoms with Gasteiger partial charge in [-0.05, 0) is 25.1 Å². The molecule has 1 aromatic carbocycles. The van der Waals surface area contributed by atoms with E-state index < -0.39 is 18.0 Å². The number of ether oxygens (including phenoxy) is 1. The van der Waals surface area contributed by atoms with Crippen LogP contribution in [-0.4, -0.2) is 18.7 Å². The SMILES string of the molecule is CC#CCOC(C#N)NC(=O)c1cccc(F)c1. The van der Waals surface area contributed by atoms with E-state index in [0.717, 1.165) is 6.07 Å². The summed E-state index contributed by atoms with van der Waals surface area (Å²) in [7, 11) is 0. The Hall–Kier alpha value is -2.37. The first kappa shape index (κ1) is 13.7. The third kappa shape index (κ3) is 4.25. The first-order chi connectivity index (χ1) is 8.67. The third-order valence-corrected chi connectivity index (χ3v) is 1.97. The van der Waals surface area contributed by atoms with E-state index in [1.165, 1.54) is 18.2 Å². The number of rotatable bonds is 4. The van der Waals surface area contributed by atoms with Crippen molar-refractivity contribution in [2.24, 2.45) is 0 Å². The van der Waals surface area contributed by atoms with Crippen LogP contribution in [0.15, 0.2) is 24.3 Å². The number of halogens is 1. The van der Waals surface area contributed by atoms with Gasteiger partial charge in [-0.3, -0.25) is 4.79 Å². The Morgan fingerprint density at radius 1 is 1.61 bits per heavy atom. The van der Waals surface area contributed by atoms with Gasteiger partial charge in [-0.25, -0.2) is 4.39 Å². The normalized spacial score (nSPS) is 10.7. The van der Waals surface area contributed by atoms with Crippen molar-refractivity contribution in [1.29, 1.82) is 5.26 Å². The van der Waals surface area contributed by atoms with Crippen LogP contribution in [0.3, 0.4) is 0 Å². The maximum Gasteiger partial charge on any atom is 0.254 e. The lowest BCUT2D eigenvalue weighted by Crippen LogP contribution is -2.36. The highest BCUT2D eigenvalue weighted by Crippen LogP contribution is 2.03. The second-order valence-electron chi connectivity index (χ2n) is 3.23. The van der Waals surface area contributed by atoms with Gasteiger partial charge in [0.1, 0.15) is 18.5 Å². The number of nitriles is 1. The number of carbonyl (C=O) groups is 1. The summed E-state index contributed by atoms with van der Waals surface area (Å²) in [4.78, 5) is 11.7. The van der Waals surface area contributed by atoms with Crippen LogP contribution in [0.5, 0.6) is 0 Å². The quantitative estimate of drug-likeness (QED) is 0.646. The molecule has 0 bridgehead atoms. The number of hydrogen-bond donors (Lipinski definition) is 1. The van der Waals surface area contributed by atoms with Crippen molar-refractivity contribution >= 4 is 5.91 Å². The van der Waals surface area contributed by atoms with E-state index in [4.69, 9.17) is 10.00 Å². The topological polar surface area (TPSA) is 62.1 Å². The number of amides is 1. The highest BCUT2D eigenvalue weighted by atomic mass is 19.1. The van der Waals surface area contributed by atoms with E-state index in [-0.39, 0.29) is 12.2 Å². The summed E-state index contributed by atoms with van der Waals surface area (Å²) in [5, 5.41) is 11.1. The zero-order chi connectivity index (χ0) is 13.4. The molecule has 0 saturated carbocycles. The fraction of sp³-hybridized carbons (Fsp3) is 0.231. The minimum absolute atomic E-state index is 0.0398. The summed E-state index contributed by atoms with van der Waals surface area (Å²) in [6.07, 6.45) is -1.11. The number of nitrogens with one attached hydrogen (secondary N) is 1. The molecule has 1 unspecified atom stereocenters. The molecule has 1 amide bonds. The highest BCUT2D eigenvalue weighted by molar-refractivity contribution is 5.94. The van der Waals surface area contributed by atoms with Crippen LogP contribution in [0, 0.1) is 29.0 Å². The van der Waals surface area contributed by atoms with Gasteiger partial charge in [0.15, 0.2) is 0 Å². The number of benzene rings is 1. The van der Waals surface area contributed by atoms with Crippen LogP contribution in [0.4, 0.5) is 4.39 Å². The van der Waals surface area contributed by atoms with E-state index in [1.54, 1.807) is 13.0 Å². The van der Waals surface area contributed by atoms with Crippen LogP contribution in [0.1, 0.15) is 17.3 Å². The first-order valence-electron chi connectivity index (χ1n) is 5.14. The fourth-order valence-corrected chi connectivity index (χ4v) is 1.14. The monoisotopic (exact) mass is 246 g/mol. The predicted molar refractivity (Wildman–Crippen MR) is 62.7 cm³/mol. The molecule has 0 fully saturated rings. The van der Waals surface area contributed by atoms with E-state index in [1.807, 2.05) is 0 Å². The van der Waals surface area contributed by atoms with Crippen molar-refractivity contribution in [2.75, 3.05) is 6.61 Å². The molecule has 4 nitrogen and oxygen atoms in total. The Morgan fingerprint density at radius 3 is 3.00 bits per heavy atom. The maximum atomic E-state index is 12.9. The molecule has 0 aliphatic heterocycles. The largest absolute Gasteiger partial charge is 0.332 e. The van der Waals surface area contributed by atoms with Gasteiger partial charge in [-0.1, -0.05) is 12.0 Å². The standard InChI is InChI=1S/C13H11FN2O2/c1-2-3-7-18-12(9-15)16-13(17)10-5-4-6-11(14)8-10/h4-6,8,12H,7H2,1H3,(H,16,17). The van der Waals surface area contributed by atoms with E-state index in [0.29, 0.717) is 0 Å². The summed E-state index contributed by atoms with van der Waals surface area (Å²) >= 11 is 0.